The van der Waals surface area contributed by atoms with Gasteiger partial charge in [0.1, 0.15) is 12.2 Å². The fourth-order valence-corrected chi connectivity index (χ4v) is 3.52. The molecule has 0 bridgehead atoms. The number of H-pyrrole nitrogens is 1. The molecule has 0 radical (unpaired) electrons. The molecule has 1 saturated carbocycles. The van der Waals surface area contributed by atoms with E-state index in [1.54, 1.807) is 6.33 Å². The molecule has 1 saturated heterocycles. The minimum absolute atomic E-state index is 0.638. The van der Waals surface area contributed by atoms with Crippen molar-refractivity contribution in [1.82, 2.24) is 25.8 Å². The number of hydrogen-bond acceptors (Lipinski definition) is 4. The van der Waals surface area contributed by atoms with Crippen LogP contribution in [0.25, 0.3) is 0 Å². The Labute approximate surface area is 108 Å². The van der Waals surface area contributed by atoms with Gasteiger partial charge in [0.25, 0.3) is 0 Å². The lowest BCUT2D eigenvalue weighted by Gasteiger charge is -2.36. The molecule has 2 fully saturated rings. The predicted molar refractivity (Wildman–Crippen MR) is 70.0 cm³/mol. The van der Waals surface area contributed by atoms with E-state index in [2.05, 4.69) is 25.8 Å². The number of nitrogens with zero attached hydrogens (tertiary/aromatic N) is 2. The lowest BCUT2D eigenvalue weighted by atomic mass is 9.79. The van der Waals surface area contributed by atoms with Gasteiger partial charge in [0.05, 0.1) is 6.54 Å². The van der Waals surface area contributed by atoms with Gasteiger partial charge < -0.3 is 10.6 Å². The van der Waals surface area contributed by atoms with Gasteiger partial charge in [0.15, 0.2) is 0 Å². The van der Waals surface area contributed by atoms with Gasteiger partial charge in [-0.2, -0.15) is 5.10 Å². The Morgan fingerprint density at radius 1 is 1.22 bits per heavy atom. The molecule has 3 N–H and O–H groups in total. The van der Waals surface area contributed by atoms with Crippen LogP contribution in [-0.4, -0.2) is 33.8 Å². The fraction of sp³-hybridized carbons (Fsp3) is 0.846. The monoisotopic (exact) mass is 249 g/mol. The van der Waals surface area contributed by atoms with Crippen molar-refractivity contribution >= 4 is 0 Å². The molecule has 2 heterocycles. The molecule has 5 heteroatoms. The van der Waals surface area contributed by atoms with Crippen LogP contribution in [0.1, 0.15) is 44.3 Å². The van der Waals surface area contributed by atoms with E-state index in [1.807, 2.05) is 0 Å². The maximum atomic E-state index is 4.18. The molecule has 1 aromatic rings. The van der Waals surface area contributed by atoms with Gasteiger partial charge in [-0.05, 0) is 38.1 Å². The molecule has 100 valence electrons. The summed E-state index contributed by atoms with van der Waals surface area (Å²) in [6.45, 7) is 2.02. The van der Waals surface area contributed by atoms with E-state index in [1.165, 1.54) is 45.1 Å². The van der Waals surface area contributed by atoms with E-state index in [0.29, 0.717) is 6.04 Å². The van der Waals surface area contributed by atoms with E-state index >= 15 is 0 Å². The van der Waals surface area contributed by atoms with Gasteiger partial charge in [-0.25, -0.2) is 4.98 Å². The van der Waals surface area contributed by atoms with Crippen LogP contribution < -0.4 is 10.6 Å². The Kier molecular flexibility index (Phi) is 3.90. The molecule has 1 aliphatic heterocycles. The summed E-state index contributed by atoms with van der Waals surface area (Å²) in [7, 11) is 0. The van der Waals surface area contributed by atoms with Crippen LogP contribution in [0.5, 0.6) is 0 Å². The third-order valence-corrected chi connectivity index (χ3v) is 4.43. The van der Waals surface area contributed by atoms with Crippen molar-refractivity contribution in [3.63, 3.8) is 0 Å². The summed E-state index contributed by atoms with van der Waals surface area (Å²) in [4.78, 5) is 4.18. The van der Waals surface area contributed by atoms with Crippen LogP contribution >= 0.6 is 0 Å². The van der Waals surface area contributed by atoms with Gasteiger partial charge in [-0.3, -0.25) is 5.10 Å². The van der Waals surface area contributed by atoms with E-state index in [4.69, 9.17) is 0 Å². The molecule has 5 nitrogen and oxygen atoms in total. The number of rotatable bonds is 4. The number of aromatic nitrogens is 3. The van der Waals surface area contributed by atoms with Gasteiger partial charge in [-0.1, -0.05) is 12.8 Å². The average molecular weight is 249 g/mol. The molecule has 0 amide bonds. The van der Waals surface area contributed by atoms with E-state index in [0.717, 1.165) is 24.3 Å². The van der Waals surface area contributed by atoms with Crippen LogP contribution in [0, 0.1) is 5.92 Å². The molecule has 1 aliphatic carbocycles. The molecule has 3 unspecified atom stereocenters. The summed E-state index contributed by atoms with van der Waals surface area (Å²) in [5.41, 5.74) is 0. The second-order valence-electron chi connectivity index (χ2n) is 5.57. The second kappa shape index (κ2) is 5.80. The SMILES string of the molecule is c1n[nH]c(CNC2CCCCC2C2CCCN2)n1. The van der Waals surface area contributed by atoms with Crippen molar-refractivity contribution in [3.8, 4) is 0 Å². The second-order valence-corrected chi connectivity index (χ2v) is 5.57. The van der Waals surface area contributed by atoms with Gasteiger partial charge in [-0.15, -0.1) is 0 Å². The Morgan fingerprint density at radius 3 is 2.94 bits per heavy atom. The van der Waals surface area contributed by atoms with Crippen LogP contribution in [0.15, 0.2) is 6.33 Å². The Hall–Kier alpha value is -0.940. The summed E-state index contributed by atoms with van der Waals surface area (Å²) in [5.74, 6) is 1.74. The predicted octanol–water partition coefficient (Wildman–Crippen LogP) is 1.21. The summed E-state index contributed by atoms with van der Waals surface area (Å²) in [6.07, 6.45) is 9.69. The van der Waals surface area contributed by atoms with Crippen LogP contribution in [-0.2, 0) is 6.54 Å². The topological polar surface area (TPSA) is 65.6 Å². The summed E-state index contributed by atoms with van der Waals surface area (Å²) in [6, 6.07) is 1.37. The van der Waals surface area contributed by atoms with Gasteiger partial charge in [0, 0.05) is 12.1 Å². The Bertz CT molecular complexity index is 344. The summed E-state index contributed by atoms with van der Waals surface area (Å²) in [5, 5.41) is 14.2. The smallest absolute Gasteiger partial charge is 0.138 e. The molecular formula is C13H23N5. The minimum Gasteiger partial charge on any atom is -0.314 e. The molecule has 18 heavy (non-hydrogen) atoms. The van der Waals surface area contributed by atoms with Crippen LogP contribution in [0.2, 0.25) is 0 Å². The number of aromatic amines is 1. The normalized spacial score (nSPS) is 32.8. The Balaban J connectivity index is 1.57. The van der Waals surface area contributed by atoms with Crippen molar-refractivity contribution in [1.29, 1.82) is 0 Å². The fourth-order valence-electron chi connectivity index (χ4n) is 3.52. The molecular weight excluding hydrogens is 226 g/mol. The first-order chi connectivity index (χ1) is 8.93. The first-order valence-corrected chi connectivity index (χ1v) is 7.24. The average Bonchev–Trinajstić information content (AvgIpc) is 3.10. The molecule has 3 rings (SSSR count). The van der Waals surface area contributed by atoms with Crippen LogP contribution in [0.3, 0.4) is 0 Å². The first kappa shape index (κ1) is 12.1. The van der Waals surface area contributed by atoms with Crippen molar-refractivity contribution in [2.24, 2.45) is 5.92 Å². The number of hydrogen-bond donors (Lipinski definition) is 3. The lowest BCUT2D eigenvalue weighted by Crippen LogP contribution is -2.46. The zero-order valence-corrected chi connectivity index (χ0v) is 10.9. The highest BCUT2D eigenvalue weighted by Crippen LogP contribution is 2.30. The van der Waals surface area contributed by atoms with Crippen molar-refractivity contribution in [2.75, 3.05) is 6.54 Å². The molecule has 0 spiro atoms. The third-order valence-electron chi connectivity index (χ3n) is 4.43. The van der Waals surface area contributed by atoms with E-state index in [9.17, 15) is 0 Å². The minimum atomic E-state index is 0.638. The van der Waals surface area contributed by atoms with Gasteiger partial charge >= 0.3 is 0 Å². The Morgan fingerprint density at radius 2 is 2.17 bits per heavy atom. The van der Waals surface area contributed by atoms with E-state index < -0.39 is 0 Å². The van der Waals surface area contributed by atoms with Crippen LogP contribution in [0.4, 0.5) is 0 Å². The highest BCUT2D eigenvalue weighted by atomic mass is 15.2. The standard InChI is InChI=1S/C13H23N5/c1-2-5-12(15-8-13-16-9-17-18-13)10(4-1)11-6-3-7-14-11/h9-12,14-15H,1-8H2,(H,16,17,18). The summed E-state index contributed by atoms with van der Waals surface area (Å²) >= 11 is 0. The highest BCUT2D eigenvalue weighted by Gasteiger charge is 2.32. The maximum absolute atomic E-state index is 4.18. The van der Waals surface area contributed by atoms with Crippen molar-refractivity contribution in [2.45, 2.75) is 57.2 Å². The summed E-state index contributed by atoms with van der Waals surface area (Å²) < 4.78 is 0. The van der Waals surface area contributed by atoms with E-state index in [-0.39, 0.29) is 0 Å². The molecule has 3 atom stereocenters. The van der Waals surface area contributed by atoms with Crippen molar-refractivity contribution < 1.29 is 0 Å². The zero-order valence-electron chi connectivity index (χ0n) is 10.9. The largest absolute Gasteiger partial charge is 0.314 e. The maximum Gasteiger partial charge on any atom is 0.138 e. The molecule has 0 aromatic carbocycles. The first-order valence-electron chi connectivity index (χ1n) is 7.24. The molecule has 1 aromatic heterocycles. The zero-order chi connectivity index (χ0) is 12.2. The molecule has 2 aliphatic rings. The quantitative estimate of drug-likeness (QED) is 0.750. The van der Waals surface area contributed by atoms with Crippen molar-refractivity contribution in [3.05, 3.63) is 12.2 Å². The number of nitrogens with one attached hydrogen (secondary N) is 3. The highest BCUT2D eigenvalue weighted by molar-refractivity contribution is 4.92. The lowest BCUT2D eigenvalue weighted by molar-refractivity contribution is 0.213. The third kappa shape index (κ3) is 2.72. The van der Waals surface area contributed by atoms with Gasteiger partial charge in [0.2, 0.25) is 0 Å².